The Bertz CT molecular complexity index is 1060. The molecule has 0 atom stereocenters. The van der Waals surface area contributed by atoms with E-state index in [0.29, 0.717) is 41.2 Å². The fraction of sp³-hybridized carbons (Fsp3) is 0.429. The summed E-state index contributed by atoms with van der Waals surface area (Å²) in [5, 5.41) is 7.74. The van der Waals surface area contributed by atoms with Crippen molar-refractivity contribution in [3.63, 3.8) is 0 Å². The summed E-state index contributed by atoms with van der Waals surface area (Å²) in [4.78, 5) is 29.6. The smallest absolute Gasteiger partial charge is 0.258 e. The van der Waals surface area contributed by atoms with Crippen LogP contribution in [0.1, 0.15) is 44.9 Å². The second-order valence-electron chi connectivity index (χ2n) is 7.76. The molecular weight excluding hydrogens is 356 g/mol. The molecule has 1 aliphatic carbocycles. The van der Waals surface area contributed by atoms with Gasteiger partial charge >= 0.3 is 0 Å². The highest BCUT2D eigenvalue weighted by Gasteiger charge is 2.29. The van der Waals surface area contributed by atoms with Crippen molar-refractivity contribution in [1.82, 2.24) is 20.0 Å². The van der Waals surface area contributed by atoms with Crippen LogP contribution in [-0.4, -0.2) is 27.2 Å². The van der Waals surface area contributed by atoms with Gasteiger partial charge in [0, 0.05) is 23.9 Å². The number of fused-ring (bicyclic) bond motifs is 1. The van der Waals surface area contributed by atoms with Crippen molar-refractivity contribution in [2.75, 3.05) is 6.54 Å². The molecule has 2 aromatic heterocycles. The van der Waals surface area contributed by atoms with Gasteiger partial charge in [0.2, 0.25) is 5.91 Å². The number of carbonyl (C=O) groups excluding carboxylic acids is 1. The number of hydrogen-bond donors (Lipinski definition) is 1. The number of carbonyl (C=O) groups is 1. The molecule has 1 fully saturated rings. The van der Waals surface area contributed by atoms with E-state index in [0.717, 1.165) is 24.6 Å². The lowest BCUT2D eigenvalue weighted by Gasteiger charge is -2.12. The molecule has 28 heavy (non-hydrogen) atoms. The van der Waals surface area contributed by atoms with E-state index >= 15 is 0 Å². The Morgan fingerprint density at radius 2 is 2.11 bits per heavy atom. The summed E-state index contributed by atoms with van der Waals surface area (Å²) in [6.07, 6.45) is 3.06. The number of amides is 1. The van der Waals surface area contributed by atoms with Gasteiger partial charge in [0.05, 0.1) is 11.1 Å². The first-order valence-corrected chi connectivity index (χ1v) is 9.76. The van der Waals surface area contributed by atoms with Crippen molar-refractivity contribution >= 4 is 16.8 Å². The van der Waals surface area contributed by atoms with Gasteiger partial charge in [-0.25, -0.2) is 0 Å². The zero-order chi connectivity index (χ0) is 19.7. The molecule has 0 unspecified atom stereocenters. The highest BCUT2D eigenvalue weighted by Crippen LogP contribution is 2.39. The van der Waals surface area contributed by atoms with E-state index < -0.39 is 0 Å². The summed E-state index contributed by atoms with van der Waals surface area (Å²) in [5.74, 6) is 1.77. The highest BCUT2D eigenvalue weighted by atomic mass is 16.5. The number of benzene rings is 1. The Morgan fingerprint density at radius 1 is 1.32 bits per heavy atom. The monoisotopic (exact) mass is 380 g/mol. The molecule has 4 rings (SSSR count). The van der Waals surface area contributed by atoms with Crippen LogP contribution in [0, 0.1) is 5.92 Å². The molecule has 1 N–H and O–H groups in total. The lowest BCUT2D eigenvalue weighted by Crippen LogP contribution is -2.33. The second kappa shape index (κ2) is 7.58. The van der Waals surface area contributed by atoms with Gasteiger partial charge in [-0.3, -0.25) is 14.2 Å². The van der Waals surface area contributed by atoms with Crippen LogP contribution < -0.4 is 10.9 Å². The number of nitrogens with zero attached hydrogens (tertiary/aromatic N) is 3. The van der Waals surface area contributed by atoms with Crippen molar-refractivity contribution in [3.05, 3.63) is 46.5 Å². The molecule has 1 aromatic carbocycles. The van der Waals surface area contributed by atoms with E-state index in [1.54, 1.807) is 0 Å². The van der Waals surface area contributed by atoms with Gasteiger partial charge in [-0.2, -0.15) is 4.98 Å². The predicted molar refractivity (Wildman–Crippen MR) is 106 cm³/mol. The van der Waals surface area contributed by atoms with E-state index in [2.05, 4.69) is 29.3 Å². The lowest BCUT2D eigenvalue weighted by atomic mass is 10.1. The third-order valence-corrected chi connectivity index (χ3v) is 4.98. The summed E-state index contributed by atoms with van der Waals surface area (Å²) in [7, 11) is 0. The Hall–Kier alpha value is -2.96. The fourth-order valence-electron chi connectivity index (χ4n) is 3.23. The maximum absolute atomic E-state index is 12.8. The van der Waals surface area contributed by atoms with Crippen LogP contribution in [-0.2, 0) is 11.3 Å². The Labute approximate surface area is 162 Å². The Morgan fingerprint density at radius 3 is 2.86 bits per heavy atom. The summed E-state index contributed by atoms with van der Waals surface area (Å²) >= 11 is 0. The maximum Gasteiger partial charge on any atom is 0.258 e. The van der Waals surface area contributed by atoms with E-state index in [-0.39, 0.29) is 18.0 Å². The van der Waals surface area contributed by atoms with Crippen molar-refractivity contribution in [1.29, 1.82) is 0 Å². The third kappa shape index (κ3) is 3.83. The maximum atomic E-state index is 12.8. The number of aromatic nitrogens is 3. The van der Waals surface area contributed by atoms with Crippen molar-refractivity contribution in [3.8, 4) is 11.5 Å². The van der Waals surface area contributed by atoms with Crippen molar-refractivity contribution in [2.45, 2.75) is 45.6 Å². The van der Waals surface area contributed by atoms with Crippen molar-refractivity contribution in [2.24, 2.45) is 5.92 Å². The van der Waals surface area contributed by atoms with Crippen LogP contribution in [0.25, 0.3) is 22.4 Å². The molecule has 1 amide bonds. The molecule has 0 aliphatic heterocycles. The van der Waals surface area contributed by atoms with E-state index in [9.17, 15) is 9.59 Å². The minimum atomic E-state index is -0.265. The first kappa shape index (κ1) is 18.4. The van der Waals surface area contributed by atoms with Crippen LogP contribution in [0.3, 0.4) is 0 Å². The minimum absolute atomic E-state index is 0.0190. The van der Waals surface area contributed by atoms with Gasteiger partial charge in [-0.1, -0.05) is 37.2 Å². The van der Waals surface area contributed by atoms with Crippen LogP contribution in [0.5, 0.6) is 0 Å². The van der Waals surface area contributed by atoms with E-state index in [1.807, 2.05) is 24.3 Å². The lowest BCUT2D eigenvalue weighted by molar-refractivity contribution is -0.121. The molecule has 0 saturated heterocycles. The molecule has 0 spiro atoms. The molecule has 2 heterocycles. The number of hydrogen-bond acceptors (Lipinski definition) is 5. The van der Waals surface area contributed by atoms with Crippen LogP contribution in [0.15, 0.2) is 39.6 Å². The van der Waals surface area contributed by atoms with Crippen LogP contribution in [0.4, 0.5) is 0 Å². The number of pyridine rings is 1. The standard InChI is InChI=1S/C21H24N4O3/c1-13(2)9-10-22-18(26)12-25-17-6-4-3-5-15(17)16(11-19(25)27)21-23-20(24-28-21)14-7-8-14/h3-6,11,13-14H,7-10,12H2,1-2H3,(H,22,26). The Balaban J connectivity index is 1.66. The van der Waals surface area contributed by atoms with Gasteiger partial charge < -0.3 is 9.84 Å². The zero-order valence-electron chi connectivity index (χ0n) is 16.1. The molecule has 1 saturated carbocycles. The van der Waals surface area contributed by atoms with Gasteiger partial charge in [0.25, 0.3) is 11.4 Å². The first-order valence-electron chi connectivity index (χ1n) is 9.76. The number of rotatable bonds is 7. The summed E-state index contributed by atoms with van der Waals surface area (Å²) < 4.78 is 6.91. The van der Waals surface area contributed by atoms with Crippen molar-refractivity contribution < 1.29 is 9.32 Å². The normalized spacial score (nSPS) is 14.0. The minimum Gasteiger partial charge on any atom is -0.355 e. The number of para-hydroxylation sites is 1. The van der Waals surface area contributed by atoms with Gasteiger partial charge in [-0.15, -0.1) is 0 Å². The molecule has 1 aliphatic rings. The first-order chi connectivity index (χ1) is 13.5. The summed E-state index contributed by atoms with van der Waals surface area (Å²) in [5.41, 5.74) is 1.02. The summed E-state index contributed by atoms with van der Waals surface area (Å²) in [6, 6.07) is 8.95. The average molecular weight is 380 g/mol. The van der Waals surface area contributed by atoms with Crippen LogP contribution >= 0.6 is 0 Å². The molecule has 146 valence electrons. The molecule has 7 heteroatoms. The van der Waals surface area contributed by atoms with Crippen LogP contribution in [0.2, 0.25) is 0 Å². The van der Waals surface area contributed by atoms with Gasteiger partial charge in [-0.05, 0) is 31.2 Å². The van der Waals surface area contributed by atoms with E-state index in [4.69, 9.17) is 4.52 Å². The van der Waals surface area contributed by atoms with Gasteiger partial charge in [0.1, 0.15) is 6.54 Å². The molecule has 0 bridgehead atoms. The second-order valence-corrected chi connectivity index (χ2v) is 7.76. The Kier molecular flexibility index (Phi) is 4.98. The fourth-order valence-corrected chi connectivity index (χ4v) is 3.23. The number of nitrogens with one attached hydrogen (secondary N) is 1. The average Bonchev–Trinajstić information content (AvgIpc) is 3.41. The molecular formula is C21H24N4O3. The molecule has 7 nitrogen and oxygen atoms in total. The quantitative estimate of drug-likeness (QED) is 0.680. The third-order valence-electron chi connectivity index (χ3n) is 4.98. The largest absolute Gasteiger partial charge is 0.355 e. The highest BCUT2D eigenvalue weighted by molar-refractivity contribution is 5.93. The topological polar surface area (TPSA) is 90.0 Å². The summed E-state index contributed by atoms with van der Waals surface area (Å²) in [6.45, 7) is 4.80. The SMILES string of the molecule is CC(C)CCNC(=O)Cn1c(=O)cc(-c2nc(C3CC3)no2)c2ccccc21. The molecule has 0 radical (unpaired) electrons. The molecule has 3 aromatic rings. The van der Waals surface area contributed by atoms with E-state index in [1.165, 1.54) is 10.6 Å². The zero-order valence-corrected chi connectivity index (χ0v) is 16.1. The van der Waals surface area contributed by atoms with Gasteiger partial charge in [0.15, 0.2) is 5.82 Å². The predicted octanol–water partition coefficient (Wildman–Crippen LogP) is 3.09.